The van der Waals surface area contributed by atoms with E-state index in [0.717, 1.165) is 4.57 Å². The maximum Gasteiger partial charge on any atom is 0.330 e. The van der Waals surface area contributed by atoms with Gasteiger partial charge in [-0.2, -0.15) is 0 Å². The van der Waals surface area contributed by atoms with E-state index < -0.39 is 41.9 Å². The van der Waals surface area contributed by atoms with Crippen LogP contribution in [-0.2, 0) is 9.47 Å². The summed E-state index contributed by atoms with van der Waals surface area (Å²) in [7, 11) is 0. The molecule has 2 aliphatic rings. The van der Waals surface area contributed by atoms with Crippen molar-refractivity contribution in [2.24, 2.45) is 0 Å². The number of aliphatic hydroxyl groups excluding tert-OH is 2. The van der Waals surface area contributed by atoms with E-state index in [1.165, 1.54) is 12.3 Å². The zero-order valence-corrected chi connectivity index (χ0v) is 9.28. The van der Waals surface area contributed by atoms with Crippen LogP contribution in [0.25, 0.3) is 0 Å². The summed E-state index contributed by atoms with van der Waals surface area (Å²) in [4.78, 5) is 24.7. The van der Waals surface area contributed by atoms with Crippen LogP contribution in [0.3, 0.4) is 0 Å². The lowest BCUT2D eigenvalue weighted by molar-refractivity contribution is -0.187. The number of H-pyrrole nitrogens is 1. The second-order valence-corrected chi connectivity index (χ2v) is 4.47. The number of aromatic nitrogens is 2. The fourth-order valence-electron chi connectivity index (χ4n) is 2.38. The summed E-state index contributed by atoms with van der Waals surface area (Å²) in [5.41, 5.74) is -2.35. The van der Waals surface area contributed by atoms with Crippen molar-refractivity contribution in [2.45, 2.75) is 24.0 Å². The van der Waals surface area contributed by atoms with Crippen LogP contribution in [0.2, 0.25) is 0 Å². The van der Waals surface area contributed by atoms with Gasteiger partial charge in [0.2, 0.25) is 0 Å². The van der Waals surface area contributed by atoms with E-state index in [1.54, 1.807) is 0 Å². The Bertz CT molecular complexity index is 580. The smallest absolute Gasteiger partial charge is 0.330 e. The molecule has 1 aromatic rings. The lowest BCUT2D eigenvalue weighted by atomic mass is 10.0. The number of rotatable bonds is 2. The summed E-state index contributed by atoms with van der Waals surface area (Å²) in [6, 6.07) is 1.18. The van der Waals surface area contributed by atoms with Crippen molar-refractivity contribution in [3.05, 3.63) is 33.1 Å². The quantitative estimate of drug-likeness (QED) is 0.541. The molecule has 3 N–H and O–H groups in total. The predicted molar refractivity (Wildman–Crippen MR) is 57.0 cm³/mol. The zero-order chi connectivity index (χ0) is 12.9. The minimum atomic E-state index is -1.19. The molecule has 3 rings (SSSR count). The zero-order valence-electron chi connectivity index (χ0n) is 9.28. The predicted octanol–water partition coefficient (Wildman–Crippen LogP) is -2.44. The number of hydrogen-bond acceptors (Lipinski definition) is 6. The van der Waals surface area contributed by atoms with Gasteiger partial charge in [-0.1, -0.05) is 0 Å². The molecule has 2 saturated heterocycles. The molecular weight excluding hydrogens is 244 g/mol. The van der Waals surface area contributed by atoms with Crippen LogP contribution in [0, 0.1) is 0 Å². The highest BCUT2D eigenvalue weighted by Crippen LogP contribution is 2.43. The summed E-state index contributed by atoms with van der Waals surface area (Å²) in [5, 5.41) is 19.2. The SMILES string of the molecule is O=c1ccn([C@@H]2O[C@@]3(CO)COC2C3O)c(=O)[nH]1. The van der Waals surface area contributed by atoms with Crippen LogP contribution in [0.15, 0.2) is 21.9 Å². The molecule has 0 saturated carbocycles. The summed E-state index contributed by atoms with van der Waals surface area (Å²) < 4.78 is 12.0. The Kier molecular flexibility index (Phi) is 2.42. The Morgan fingerprint density at radius 2 is 2.33 bits per heavy atom. The number of aromatic amines is 1. The minimum absolute atomic E-state index is 0.0734. The van der Waals surface area contributed by atoms with Crippen LogP contribution in [-0.4, -0.2) is 50.8 Å². The average molecular weight is 256 g/mol. The van der Waals surface area contributed by atoms with E-state index in [1.807, 2.05) is 0 Å². The molecule has 2 aliphatic heterocycles. The molecule has 2 bridgehead atoms. The standard InChI is InChI=1S/C10H12N2O6/c13-3-10-4-17-6(7(10)15)8(18-10)12-2-1-5(14)11-9(12)16/h1-2,6-8,13,15H,3-4H2,(H,11,14,16)/t6?,7?,8-,10+/m1/s1. The third-order valence-corrected chi connectivity index (χ3v) is 3.40. The molecule has 1 aromatic heterocycles. The highest BCUT2D eigenvalue weighted by atomic mass is 16.7. The molecular formula is C10H12N2O6. The summed E-state index contributed by atoms with van der Waals surface area (Å²) in [6.45, 7) is -0.330. The van der Waals surface area contributed by atoms with Crippen LogP contribution in [0.5, 0.6) is 0 Å². The molecule has 8 nitrogen and oxygen atoms in total. The van der Waals surface area contributed by atoms with E-state index in [-0.39, 0.29) is 6.61 Å². The number of nitrogens with one attached hydrogen (secondary N) is 1. The summed E-state index contributed by atoms with van der Waals surface area (Å²) in [6.07, 6.45) is -1.33. The van der Waals surface area contributed by atoms with Crippen molar-refractivity contribution >= 4 is 0 Å². The van der Waals surface area contributed by atoms with E-state index in [9.17, 15) is 19.8 Å². The van der Waals surface area contributed by atoms with Crippen LogP contribution >= 0.6 is 0 Å². The van der Waals surface area contributed by atoms with Gasteiger partial charge in [0, 0.05) is 12.3 Å². The largest absolute Gasteiger partial charge is 0.393 e. The molecule has 98 valence electrons. The van der Waals surface area contributed by atoms with Gasteiger partial charge in [0.05, 0.1) is 13.2 Å². The van der Waals surface area contributed by atoms with Gasteiger partial charge in [-0.05, 0) is 0 Å². The van der Waals surface area contributed by atoms with Crippen molar-refractivity contribution in [1.82, 2.24) is 9.55 Å². The Morgan fingerprint density at radius 1 is 1.56 bits per heavy atom. The average Bonchev–Trinajstić information content (AvgIpc) is 2.81. The fourth-order valence-corrected chi connectivity index (χ4v) is 2.38. The molecule has 8 heteroatoms. The van der Waals surface area contributed by atoms with Gasteiger partial charge >= 0.3 is 5.69 Å². The second-order valence-electron chi connectivity index (χ2n) is 4.47. The topological polar surface area (TPSA) is 114 Å². The van der Waals surface area contributed by atoms with Crippen molar-refractivity contribution in [1.29, 1.82) is 0 Å². The molecule has 0 amide bonds. The molecule has 18 heavy (non-hydrogen) atoms. The van der Waals surface area contributed by atoms with Crippen LogP contribution < -0.4 is 11.2 Å². The van der Waals surface area contributed by atoms with E-state index in [2.05, 4.69) is 4.98 Å². The molecule has 4 atom stereocenters. The first-order valence-electron chi connectivity index (χ1n) is 5.47. The molecule has 0 aromatic carbocycles. The van der Waals surface area contributed by atoms with Crippen molar-refractivity contribution < 1.29 is 19.7 Å². The normalized spacial score (nSPS) is 38.2. The summed E-state index contributed by atoms with van der Waals surface area (Å²) in [5.74, 6) is 0. The van der Waals surface area contributed by atoms with Crippen molar-refractivity contribution in [2.75, 3.05) is 13.2 Å². The van der Waals surface area contributed by atoms with Gasteiger partial charge in [0.25, 0.3) is 5.56 Å². The third kappa shape index (κ3) is 1.40. The molecule has 0 spiro atoms. The lowest BCUT2D eigenvalue weighted by Gasteiger charge is -2.29. The van der Waals surface area contributed by atoms with E-state index >= 15 is 0 Å². The first-order chi connectivity index (χ1) is 8.57. The highest BCUT2D eigenvalue weighted by Gasteiger charge is 2.61. The van der Waals surface area contributed by atoms with Gasteiger partial charge in [-0.3, -0.25) is 14.3 Å². The van der Waals surface area contributed by atoms with Crippen molar-refractivity contribution in [3.8, 4) is 0 Å². The number of aliphatic hydroxyl groups is 2. The number of ether oxygens (including phenoxy) is 2. The molecule has 2 fully saturated rings. The molecule has 3 heterocycles. The Morgan fingerprint density at radius 3 is 2.94 bits per heavy atom. The van der Waals surface area contributed by atoms with Crippen molar-refractivity contribution in [3.63, 3.8) is 0 Å². The number of fused-ring (bicyclic) bond motifs is 2. The Labute approximate surface area is 100 Å². The molecule has 0 radical (unpaired) electrons. The van der Waals surface area contributed by atoms with Gasteiger partial charge in [0.1, 0.15) is 17.8 Å². The molecule has 2 unspecified atom stereocenters. The van der Waals surface area contributed by atoms with Gasteiger partial charge in [0.15, 0.2) is 6.23 Å². The van der Waals surface area contributed by atoms with Gasteiger partial charge < -0.3 is 19.7 Å². The van der Waals surface area contributed by atoms with Gasteiger partial charge in [-0.25, -0.2) is 4.79 Å². The minimum Gasteiger partial charge on any atom is -0.393 e. The van der Waals surface area contributed by atoms with Crippen LogP contribution in [0.4, 0.5) is 0 Å². The number of hydrogen-bond donors (Lipinski definition) is 3. The first-order valence-corrected chi connectivity index (χ1v) is 5.47. The first kappa shape index (κ1) is 11.6. The summed E-state index contributed by atoms with van der Waals surface area (Å²) >= 11 is 0. The molecule has 0 aliphatic carbocycles. The van der Waals surface area contributed by atoms with E-state index in [0.29, 0.717) is 0 Å². The monoisotopic (exact) mass is 256 g/mol. The van der Waals surface area contributed by atoms with Crippen LogP contribution in [0.1, 0.15) is 6.23 Å². The number of nitrogens with zero attached hydrogens (tertiary/aromatic N) is 1. The second kappa shape index (κ2) is 3.75. The van der Waals surface area contributed by atoms with E-state index in [4.69, 9.17) is 9.47 Å². The highest BCUT2D eigenvalue weighted by molar-refractivity contribution is 5.07. The maximum absolute atomic E-state index is 11.6. The van der Waals surface area contributed by atoms with Gasteiger partial charge in [-0.15, -0.1) is 0 Å². The fraction of sp³-hybridized carbons (Fsp3) is 0.600. The Hall–Kier alpha value is -1.48. The lowest BCUT2D eigenvalue weighted by Crippen LogP contribution is -2.44. The maximum atomic E-state index is 11.6. The third-order valence-electron chi connectivity index (χ3n) is 3.40. The Balaban J connectivity index is 2.01.